The number of ketones is 1. The zero-order valence-corrected chi connectivity index (χ0v) is 7.72. The molecule has 1 saturated carbocycles. The van der Waals surface area contributed by atoms with E-state index in [0.29, 0.717) is 12.2 Å². The van der Waals surface area contributed by atoms with E-state index in [-0.39, 0.29) is 0 Å². The van der Waals surface area contributed by atoms with Crippen LogP contribution in [0.1, 0.15) is 44.9 Å². The maximum absolute atomic E-state index is 11.1. The lowest BCUT2D eigenvalue weighted by atomic mass is 9.99. The highest BCUT2D eigenvalue weighted by Crippen LogP contribution is 2.28. The first-order chi connectivity index (χ1) is 5.83. The summed E-state index contributed by atoms with van der Waals surface area (Å²) in [5.41, 5.74) is 0. The molecule has 0 bridgehead atoms. The van der Waals surface area contributed by atoms with Gasteiger partial charge in [0.05, 0.1) is 0 Å². The average Bonchev–Trinajstić information content (AvgIpc) is 2.53. The topological polar surface area (TPSA) is 17.1 Å². The Labute approximate surface area is 74.9 Å². The summed E-state index contributed by atoms with van der Waals surface area (Å²) in [6, 6.07) is 0. The summed E-state index contributed by atoms with van der Waals surface area (Å²) in [5, 5.41) is 0. The van der Waals surface area contributed by atoms with Crippen molar-refractivity contribution in [3.05, 3.63) is 12.7 Å². The fourth-order valence-corrected chi connectivity index (χ4v) is 1.93. The van der Waals surface area contributed by atoms with Crippen LogP contribution in [-0.2, 0) is 4.79 Å². The second kappa shape index (κ2) is 5.13. The molecule has 0 aliphatic heterocycles. The minimum Gasteiger partial charge on any atom is -0.299 e. The molecular formula is C11H18O. The van der Waals surface area contributed by atoms with Gasteiger partial charge in [-0.15, -0.1) is 6.58 Å². The Hall–Kier alpha value is -0.590. The van der Waals surface area contributed by atoms with Gasteiger partial charge >= 0.3 is 0 Å². The molecule has 1 heteroatoms. The van der Waals surface area contributed by atoms with E-state index in [9.17, 15) is 4.79 Å². The van der Waals surface area contributed by atoms with Crippen LogP contribution in [-0.4, -0.2) is 5.78 Å². The Morgan fingerprint density at radius 2 is 2.08 bits per heavy atom. The molecule has 0 aromatic carbocycles. The summed E-state index contributed by atoms with van der Waals surface area (Å²) in [6.07, 6.45) is 9.61. The van der Waals surface area contributed by atoms with Crippen LogP contribution in [0.15, 0.2) is 12.7 Å². The minimum atomic E-state index is 0.358. The number of carbonyl (C=O) groups is 1. The molecule has 0 spiro atoms. The molecule has 1 nitrogen and oxygen atoms in total. The van der Waals surface area contributed by atoms with Crippen LogP contribution in [0.2, 0.25) is 0 Å². The second-order valence-electron chi connectivity index (χ2n) is 3.72. The fraction of sp³-hybridized carbons (Fsp3) is 0.727. The fourth-order valence-electron chi connectivity index (χ4n) is 1.93. The van der Waals surface area contributed by atoms with Crippen molar-refractivity contribution in [3.63, 3.8) is 0 Å². The maximum atomic E-state index is 11.1. The first kappa shape index (κ1) is 9.50. The predicted octanol–water partition coefficient (Wildman–Crippen LogP) is 3.10. The molecular weight excluding hydrogens is 148 g/mol. The zero-order chi connectivity index (χ0) is 8.81. The van der Waals surface area contributed by atoms with Gasteiger partial charge in [0.1, 0.15) is 5.78 Å². The molecule has 0 heterocycles. The lowest BCUT2D eigenvalue weighted by molar-refractivity contribution is -0.118. The van der Waals surface area contributed by atoms with Gasteiger partial charge in [-0.25, -0.2) is 0 Å². The van der Waals surface area contributed by atoms with Gasteiger partial charge in [-0.3, -0.25) is 4.79 Å². The summed E-state index contributed by atoms with van der Waals surface area (Å²) in [5.74, 6) is 1.20. The van der Waals surface area contributed by atoms with Crippen molar-refractivity contribution in [1.29, 1.82) is 0 Å². The van der Waals surface area contributed by atoms with Crippen molar-refractivity contribution in [2.24, 2.45) is 5.92 Å². The molecule has 0 unspecified atom stereocenters. The number of allylic oxidation sites excluding steroid dienone is 1. The van der Waals surface area contributed by atoms with Crippen LogP contribution in [0.5, 0.6) is 0 Å². The molecule has 0 saturated heterocycles. The van der Waals surface area contributed by atoms with E-state index in [1.165, 1.54) is 25.7 Å². The standard InChI is InChI=1S/C11H18O/c1-2-5-11(12)9-8-10-6-3-4-7-10/h2,10H,1,3-9H2. The highest BCUT2D eigenvalue weighted by atomic mass is 16.1. The second-order valence-corrected chi connectivity index (χ2v) is 3.72. The molecule has 1 aliphatic rings. The molecule has 1 rings (SSSR count). The van der Waals surface area contributed by atoms with Gasteiger partial charge in [-0.1, -0.05) is 31.8 Å². The Morgan fingerprint density at radius 3 is 2.67 bits per heavy atom. The van der Waals surface area contributed by atoms with Crippen LogP contribution in [0, 0.1) is 5.92 Å². The quantitative estimate of drug-likeness (QED) is 0.573. The molecule has 0 amide bonds. The first-order valence-corrected chi connectivity index (χ1v) is 4.95. The summed E-state index contributed by atoms with van der Waals surface area (Å²) in [6.45, 7) is 3.56. The van der Waals surface area contributed by atoms with Gasteiger partial charge in [0, 0.05) is 12.8 Å². The van der Waals surface area contributed by atoms with E-state index < -0.39 is 0 Å². The van der Waals surface area contributed by atoms with E-state index >= 15 is 0 Å². The molecule has 0 atom stereocenters. The summed E-state index contributed by atoms with van der Waals surface area (Å²) in [7, 11) is 0. The SMILES string of the molecule is C=CCC(=O)CCC1CCCC1. The minimum absolute atomic E-state index is 0.358. The van der Waals surface area contributed by atoms with E-state index in [1.807, 2.05) is 0 Å². The highest BCUT2D eigenvalue weighted by Gasteiger charge is 2.15. The van der Waals surface area contributed by atoms with Gasteiger partial charge in [0.25, 0.3) is 0 Å². The Kier molecular flexibility index (Phi) is 4.06. The lowest BCUT2D eigenvalue weighted by Crippen LogP contribution is -2.00. The van der Waals surface area contributed by atoms with Crippen LogP contribution >= 0.6 is 0 Å². The lowest BCUT2D eigenvalue weighted by Gasteiger charge is -2.06. The van der Waals surface area contributed by atoms with Crippen molar-refractivity contribution in [3.8, 4) is 0 Å². The van der Waals surface area contributed by atoms with Crippen molar-refractivity contribution in [2.75, 3.05) is 0 Å². The molecule has 0 radical (unpaired) electrons. The monoisotopic (exact) mass is 166 g/mol. The van der Waals surface area contributed by atoms with Crippen molar-refractivity contribution in [1.82, 2.24) is 0 Å². The number of rotatable bonds is 5. The Bertz CT molecular complexity index is 154. The maximum Gasteiger partial charge on any atom is 0.136 e. The number of carbonyl (C=O) groups excluding carboxylic acids is 1. The van der Waals surface area contributed by atoms with E-state index in [1.54, 1.807) is 6.08 Å². The summed E-state index contributed by atoms with van der Waals surface area (Å²) in [4.78, 5) is 11.1. The predicted molar refractivity (Wildman–Crippen MR) is 51.0 cm³/mol. The molecule has 68 valence electrons. The van der Waals surface area contributed by atoms with Gasteiger partial charge in [-0.2, -0.15) is 0 Å². The van der Waals surface area contributed by atoms with Gasteiger partial charge < -0.3 is 0 Å². The van der Waals surface area contributed by atoms with Crippen LogP contribution < -0.4 is 0 Å². The van der Waals surface area contributed by atoms with E-state index in [4.69, 9.17) is 0 Å². The molecule has 0 aromatic heterocycles. The van der Waals surface area contributed by atoms with Crippen LogP contribution in [0.4, 0.5) is 0 Å². The largest absolute Gasteiger partial charge is 0.299 e. The van der Waals surface area contributed by atoms with E-state index in [0.717, 1.165) is 18.8 Å². The van der Waals surface area contributed by atoms with Gasteiger partial charge in [-0.05, 0) is 12.3 Å². The average molecular weight is 166 g/mol. The number of hydrogen-bond donors (Lipinski definition) is 0. The van der Waals surface area contributed by atoms with E-state index in [2.05, 4.69) is 6.58 Å². The van der Waals surface area contributed by atoms with Crippen molar-refractivity contribution < 1.29 is 4.79 Å². The third kappa shape index (κ3) is 3.21. The van der Waals surface area contributed by atoms with Gasteiger partial charge in [0.2, 0.25) is 0 Å². The third-order valence-electron chi connectivity index (χ3n) is 2.68. The summed E-state index contributed by atoms with van der Waals surface area (Å²) < 4.78 is 0. The molecule has 0 aromatic rings. The van der Waals surface area contributed by atoms with Crippen molar-refractivity contribution >= 4 is 5.78 Å². The third-order valence-corrected chi connectivity index (χ3v) is 2.68. The van der Waals surface area contributed by atoms with Crippen molar-refractivity contribution in [2.45, 2.75) is 44.9 Å². The normalized spacial score (nSPS) is 18.0. The Morgan fingerprint density at radius 1 is 1.42 bits per heavy atom. The smallest absolute Gasteiger partial charge is 0.136 e. The van der Waals surface area contributed by atoms with Crippen LogP contribution in [0.3, 0.4) is 0 Å². The van der Waals surface area contributed by atoms with Gasteiger partial charge in [0.15, 0.2) is 0 Å². The molecule has 1 fully saturated rings. The number of hydrogen-bond acceptors (Lipinski definition) is 1. The van der Waals surface area contributed by atoms with Crippen LogP contribution in [0.25, 0.3) is 0 Å². The molecule has 1 aliphatic carbocycles. The summed E-state index contributed by atoms with van der Waals surface area (Å²) >= 11 is 0. The first-order valence-electron chi connectivity index (χ1n) is 4.95. The molecule has 0 N–H and O–H groups in total. The number of Topliss-reactive ketones (excluding diaryl/α,β-unsaturated/α-hetero) is 1. The Balaban J connectivity index is 2.07. The highest BCUT2D eigenvalue weighted by molar-refractivity contribution is 5.79. The zero-order valence-electron chi connectivity index (χ0n) is 7.72. The molecule has 12 heavy (non-hydrogen) atoms.